The molecule has 0 spiro atoms. The Labute approximate surface area is 98.6 Å². The molecule has 0 saturated carbocycles. The van der Waals surface area contributed by atoms with Gasteiger partial charge in [-0.15, -0.1) is 0 Å². The highest BCUT2D eigenvalue weighted by atomic mass is 32.2. The van der Waals surface area contributed by atoms with Gasteiger partial charge in [-0.1, -0.05) is 48.5 Å². The Kier molecular flexibility index (Phi) is 2.68. The number of rotatable bonds is 2. The quantitative estimate of drug-likeness (QED) is 0.718. The third kappa shape index (κ3) is 1.86. The molecule has 1 aliphatic heterocycles. The van der Waals surface area contributed by atoms with Crippen LogP contribution in [0.15, 0.2) is 59.5 Å². The van der Waals surface area contributed by atoms with Gasteiger partial charge in [-0.3, -0.25) is 0 Å². The molecule has 0 saturated heterocycles. The van der Waals surface area contributed by atoms with E-state index in [1.807, 2.05) is 0 Å². The average Bonchev–Trinajstić information content (AvgIpc) is 2.74. The summed E-state index contributed by atoms with van der Waals surface area (Å²) in [6.07, 6.45) is 0. The van der Waals surface area contributed by atoms with Crippen LogP contribution in [-0.4, -0.2) is 0 Å². The molecular formula is C14H13OS+. The maximum atomic E-state index is 5.86. The zero-order valence-corrected chi connectivity index (χ0v) is 9.74. The fraction of sp³-hybridized carbons (Fsp3) is 0.143. The Morgan fingerprint density at radius 2 is 1.69 bits per heavy atom. The normalized spacial score (nSPS) is 18.4. The molecule has 1 heterocycles. The monoisotopic (exact) mass is 229 g/mol. The predicted octanol–water partition coefficient (Wildman–Crippen LogP) is 3.31. The summed E-state index contributed by atoms with van der Waals surface area (Å²) in [5, 5.41) is 0. The van der Waals surface area contributed by atoms with Crippen molar-refractivity contribution in [3.63, 3.8) is 0 Å². The van der Waals surface area contributed by atoms with E-state index in [9.17, 15) is 0 Å². The molecule has 1 unspecified atom stereocenters. The second-order valence-electron chi connectivity index (χ2n) is 3.85. The molecule has 0 fully saturated rings. The van der Waals surface area contributed by atoms with E-state index in [4.69, 9.17) is 4.18 Å². The van der Waals surface area contributed by atoms with Gasteiger partial charge in [0.05, 0.1) is 0 Å². The van der Waals surface area contributed by atoms with Gasteiger partial charge in [0.1, 0.15) is 6.61 Å². The lowest BCUT2D eigenvalue weighted by atomic mass is 10.2. The van der Waals surface area contributed by atoms with Crippen LogP contribution in [0.2, 0.25) is 0 Å². The standard InChI is InChI=1S/C14H13OS/c1-2-6-12(7-3-1)11-16-14-9-5-4-8-13(14)10-15-16/h1-9H,10-11H2/q+1. The van der Waals surface area contributed by atoms with Crippen LogP contribution in [-0.2, 0) is 27.7 Å². The maximum Gasteiger partial charge on any atom is 0.196 e. The Morgan fingerprint density at radius 1 is 0.938 bits per heavy atom. The lowest BCUT2D eigenvalue weighted by molar-refractivity contribution is 0.367. The molecule has 0 amide bonds. The zero-order valence-electron chi connectivity index (χ0n) is 8.93. The summed E-state index contributed by atoms with van der Waals surface area (Å²) in [6.45, 7) is 0.770. The van der Waals surface area contributed by atoms with Gasteiger partial charge >= 0.3 is 0 Å². The molecule has 1 atom stereocenters. The van der Waals surface area contributed by atoms with E-state index in [-0.39, 0.29) is 11.2 Å². The van der Waals surface area contributed by atoms with Gasteiger partial charge in [-0.2, -0.15) is 4.18 Å². The third-order valence-corrected chi connectivity index (χ3v) is 4.60. The summed E-state index contributed by atoms with van der Waals surface area (Å²) in [6, 6.07) is 19.1. The predicted molar refractivity (Wildman–Crippen MR) is 67.0 cm³/mol. The van der Waals surface area contributed by atoms with Crippen molar-refractivity contribution in [3.8, 4) is 0 Å². The van der Waals surface area contributed by atoms with Gasteiger partial charge in [0.2, 0.25) is 0 Å². The minimum atomic E-state index is -0.0532. The van der Waals surface area contributed by atoms with E-state index in [2.05, 4.69) is 54.6 Å². The number of hydrogen-bond donors (Lipinski definition) is 0. The third-order valence-electron chi connectivity index (χ3n) is 2.72. The van der Waals surface area contributed by atoms with Crippen molar-refractivity contribution in [3.05, 3.63) is 65.7 Å². The second kappa shape index (κ2) is 4.32. The summed E-state index contributed by atoms with van der Waals surface area (Å²) < 4.78 is 5.86. The summed E-state index contributed by atoms with van der Waals surface area (Å²) in [5.41, 5.74) is 2.70. The van der Waals surface area contributed by atoms with Crippen LogP contribution in [0, 0.1) is 0 Å². The lowest BCUT2D eigenvalue weighted by Gasteiger charge is -1.99. The first-order chi connectivity index (χ1) is 7.93. The van der Waals surface area contributed by atoms with Gasteiger partial charge in [0.25, 0.3) is 0 Å². The molecule has 0 aromatic heterocycles. The molecular weight excluding hydrogens is 216 g/mol. The Hall–Kier alpha value is -1.25. The molecule has 16 heavy (non-hydrogen) atoms. The van der Waals surface area contributed by atoms with Gasteiger partial charge in [-0.05, 0) is 6.07 Å². The van der Waals surface area contributed by atoms with Crippen LogP contribution in [0.3, 0.4) is 0 Å². The van der Waals surface area contributed by atoms with Crippen LogP contribution in [0.1, 0.15) is 11.1 Å². The van der Waals surface area contributed by atoms with E-state index in [0.717, 1.165) is 12.4 Å². The highest BCUT2D eigenvalue weighted by molar-refractivity contribution is 7.91. The molecule has 3 rings (SSSR count). The molecule has 80 valence electrons. The number of hydrogen-bond acceptors (Lipinski definition) is 1. The van der Waals surface area contributed by atoms with Gasteiger partial charge in [0.15, 0.2) is 21.8 Å². The smallest absolute Gasteiger partial charge is 0.163 e. The Bertz CT molecular complexity index is 481. The van der Waals surface area contributed by atoms with Crippen molar-refractivity contribution < 1.29 is 4.18 Å². The Morgan fingerprint density at radius 3 is 2.56 bits per heavy atom. The molecule has 0 N–H and O–H groups in total. The first-order valence-corrected chi connectivity index (χ1v) is 6.71. The average molecular weight is 229 g/mol. The fourth-order valence-corrected chi connectivity index (χ4v) is 3.67. The van der Waals surface area contributed by atoms with Crippen LogP contribution >= 0.6 is 0 Å². The van der Waals surface area contributed by atoms with E-state index in [1.165, 1.54) is 16.0 Å². The lowest BCUT2D eigenvalue weighted by Crippen LogP contribution is -2.03. The van der Waals surface area contributed by atoms with Crippen molar-refractivity contribution in [1.29, 1.82) is 0 Å². The number of fused-ring (bicyclic) bond motifs is 1. The van der Waals surface area contributed by atoms with Crippen LogP contribution in [0.4, 0.5) is 0 Å². The number of benzene rings is 2. The maximum absolute atomic E-state index is 5.86. The van der Waals surface area contributed by atoms with Gasteiger partial charge in [0, 0.05) is 11.1 Å². The van der Waals surface area contributed by atoms with Crippen LogP contribution < -0.4 is 0 Å². The van der Waals surface area contributed by atoms with Crippen molar-refractivity contribution in [1.82, 2.24) is 0 Å². The van der Waals surface area contributed by atoms with E-state index >= 15 is 0 Å². The summed E-state index contributed by atoms with van der Waals surface area (Å²) in [7, 11) is 0. The van der Waals surface area contributed by atoms with Crippen molar-refractivity contribution in [2.24, 2.45) is 0 Å². The van der Waals surface area contributed by atoms with Crippen LogP contribution in [0.25, 0.3) is 0 Å². The summed E-state index contributed by atoms with van der Waals surface area (Å²) in [5.74, 6) is 0.998. The first kappa shape index (κ1) is 9.94. The molecule has 1 nitrogen and oxygen atoms in total. The minimum Gasteiger partial charge on any atom is -0.163 e. The summed E-state index contributed by atoms with van der Waals surface area (Å²) >= 11 is -0.0532. The topological polar surface area (TPSA) is 9.23 Å². The molecule has 0 radical (unpaired) electrons. The van der Waals surface area contributed by atoms with E-state index in [0.29, 0.717) is 0 Å². The molecule has 0 aliphatic carbocycles. The SMILES string of the molecule is c1ccc(C[S+]2OCc3ccccc32)cc1. The molecule has 2 aromatic rings. The fourth-order valence-electron chi connectivity index (χ4n) is 1.89. The van der Waals surface area contributed by atoms with Crippen LogP contribution in [0.5, 0.6) is 0 Å². The molecule has 2 heteroatoms. The first-order valence-electron chi connectivity index (χ1n) is 5.39. The minimum absolute atomic E-state index is 0.0532. The van der Waals surface area contributed by atoms with E-state index in [1.54, 1.807) is 0 Å². The molecule has 1 aliphatic rings. The zero-order chi connectivity index (χ0) is 10.8. The van der Waals surface area contributed by atoms with Crippen molar-refractivity contribution in [2.75, 3.05) is 0 Å². The molecule has 0 bridgehead atoms. The van der Waals surface area contributed by atoms with Crippen molar-refractivity contribution in [2.45, 2.75) is 17.3 Å². The highest BCUT2D eigenvalue weighted by Gasteiger charge is 2.34. The highest BCUT2D eigenvalue weighted by Crippen LogP contribution is 2.31. The van der Waals surface area contributed by atoms with Gasteiger partial charge < -0.3 is 0 Å². The van der Waals surface area contributed by atoms with E-state index < -0.39 is 0 Å². The second-order valence-corrected chi connectivity index (χ2v) is 5.50. The Balaban J connectivity index is 1.84. The molecule has 2 aromatic carbocycles. The van der Waals surface area contributed by atoms with Crippen molar-refractivity contribution >= 4 is 11.2 Å². The summed E-state index contributed by atoms with van der Waals surface area (Å²) in [4.78, 5) is 1.38. The largest absolute Gasteiger partial charge is 0.196 e. The van der Waals surface area contributed by atoms with Gasteiger partial charge in [-0.25, -0.2) is 0 Å².